The lowest BCUT2D eigenvalue weighted by Crippen LogP contribution is -2.43. The summed E-state index contributed by atoms with van der Waals surface area (Å²) in [6.07, 6.45) is 6.02. The summed E-state index contributed by atoms with van der Waals surface area (Å²) in [5, 5.41) is 0.663. The lowest BCUT2D eigenvalue weighted by Gasteiger charge is -2.27. The third-order valence-electron chi connectivity index (χ3n) is 5.56. The topological polar surface area (TPSA) is 89.3 Å². The van der Waals surface area contributed by atoms with Crippen molar-refractivity contribution < 1.29 is 13.2 Å². The molecule has 1 aliphatic carbocycles. The molecular formula is C18H23N3O4S2. The second-order valence-corrected chi connectivity index (χ2v) is 10.6. The maximum atomic E-state index is 13.0. The van der Waals surface area contributed by atoms with E-state index < -0.39 is 9.84 Å². The van der Waals surface area contributed by atoms with Crippen LogP contribution in [-0.4, -0.2) is 52.9 Å². The smallest absolute Gasteiger partial charge is 0.262 e. The van der Waals surface area contributed by atoms with Crippen LogP contribution >= 0.6 is 11.3 Å². The number of hydrogen-bond acceptors (Lipinski definition) is 6. The van der Waals surface area contributed by atoms with Crippen LogP contribution in [0.15, 0.2) is 11.1 Å². The number of amides is 1. The number of carbonyl (C=O) groups excluding carboxylic acids is 1. The van der Waals surface area contributed by atoms with Gasteiger partial charge in [0.1, 0.15) is 11.4 Å². The van der Waals surface area contributed by atoms with Crippen molar-refractivity contribution in [2.75, 3.05) is 18.1 Å². The van der Waals surface area contributed by atoms with Gasteiger partial charge in [-0.1, -0.05) is 0 Å². The fraction of sp³-hybridized carbons (Fsp3) is 0.611. The van der Waals surface area contributed by atoms with Crippen LogP contribution in [0.2, 0.25) is 0 Å². The molecule has 3 heterocycles. The van der Waals surface area contributed by atoms with Crippen molar-refractivity contribution in [3.63, 3.8) is 0 Å². The van der Waals surface area contributed by atoms with Gasteiger partial charge in [-0.25, -0.2) is 13.4 Å². The lowest BCUT2D eigenvalue weighted by molar-refractivity contribution is -0.133. The number of sulfone groups is 1. The van der Waals surface area contributed by atoms with Gasteiger partial charge in [0.05, 0.1) is 23.2 Å². The number of likely N-dealkylation sites (N-methyl/N-ethyl adjacent to an activating group) is 1. The van der Waals surface area contributed by atoms with Gasteiger partial charge in [-0.3, -0.25) is 14.2 Å². The molecule has 4 rings (SSSR count). The number of fused-ring (bicyclic) bond motifs is 3. The maximum absolute atomic E-state index is 13.0. The summed E-state index contributed by atoms with van der Waals surface area (Å²) in [4.78, 5) is 33.8. The molecule has 1 atom stereocenters. The van der Waals surface area contributed by atoms with E-state index in [0.717, 1.165) is 36.1 Å². The van der Waals surface area contributed by atoms with Crippen LogP contribution in [0, 0.1) is 0 Å². The van der Waals surface area contributed by atoms with Gasteiger partial charge in [0, 0.05) is 17.5 Å². The molecule has 27 heavy (non-hydrogen) atoms. The van der Waals surface area contributed by atoms with Gasteiger partial charge < -0.3 is 4.90 Å². The first-order valence-corrected chi connectivity index (χ1v) is 12.0. The van der Waals surface area contributed by atoms with Crippen molar-refractivity contribution in [2.45, 2.75) is 51.6 Å². The molecule has 2 aromatic heterocycles. The van der Waals surface area contributed by atoms with Gasteiger partial charge in [-0.2, -0.15) is 0 Å². The molecule has 0 spiro atoms. The van der Waals surface area contributed by atoms with Gasteiger partial charge in [0.15, 0.2) is 9.84 Å². The van der Waals surface area contributed by atoms with Crippen LogP contribution in [0.1, 0.15) is 36.6 Å². The lowest BCUT2D eigenvalue weighted by atomic mass is 9.97. The summed E-state index contributed by atoms with van der Waals surface area (Å²) in [7, 11) is -3.07. The van der Waals surface area contributed by atoms with Crippen molar-refractivity contribution in [1.29, 1.82) is 0 Å². The minimum atomic E-state index is -3.07. The van der Waals surface area contributed by atoms with Crippen molar-refractivity contribution in [1.82, 2.24) is 14.5 Å². The molecule has 0 saturated carbocycles. The predicted octanol–water partition coefficient (Wildman–Crippen LogP) is 1.37. The molecule has 1 amide bonds. The average molecular weight is 410 g/mol. The van der Waals surface area contributed by atoms with Crippen LogP contribution in [-0.2, 0) is 34.0 Å². The highest BCUT2D eigenvalue weighted by Gasteiger charge is 2.34. The van der Waals surface area contributed by atoms with Crippen LogP contribution in [0.5, 0.6) is 0 Å². The third kappa shape index (κ3) is 3.42. The summed E-state index contributed by atoms with van der Waals surface area (Å²) in [5.74, 6) is -0.0980. The summed E-state index contributed by atoms with van der Waals surface area (Å²) in [6.45, 7) is 2.16. The molecule has 1 saturated heterocycles. The first kappa shape index (κ1) is 18.6. The Morgan fingerprint density at radius 3 is 2.85 bits per heavy atom. The number of hydrogen-bond donors (Lipinski definition) is 0. The number of rotatable bonds is 4. The molecule has 7 nitrogen and oxygen atoms in total. The van der Waals surface area contributed by atoms with Crippen molar-refractivity contribution >= 4 is 37.3 Å². The quantitative estimate of drug-likeness (QED) is 0.761. The van der Waals surface area contributed by atoms with E-state index in [2.05, 4.69) is 4.98 Å². The number of nitrogens with zero attached hydrogens (tertiary/aromatic N) is 3. The molecule has 2 aliphatic rings. The molecule has 0 N–H and O–H groups in total. The maximum Gasteiger partial charge on any atom is 0.262 e. The number of aryl methyl sites for hydroxylation is 2. The molecule has 1 aliphatic heterocycles. The second kappa shape index (κ2) is 7.01. The van der Waals surface area contributed by atoms with Crippen LogP contribution < -0.4 is 5.56 Å². The van der Waals surface area contributed by atoms with E-state index in [1.54, 1.807) is 16.2 Å². The Hall–Kier alpha value is -1.74. The number of carbonyl (C=O) groups is 1. The van der Waals surface area contributed by atoms with Crippen LogP contribution in [0.4, 0.5) is 0 Å². The Bertz CT molecular complexity index is 1050. The Morgan fingerprint density at radius 2 is 2.15 bits per heavy atom. The number of aromatic nitrogens is 2. The molecule has 9 heteroatoms. The second-order valence-electron chi connectivity index (χ2n) is 7.31. The van der Waals surface area contributed by atoms with E-state index >= 15 is 0 Å². The molecule has 0 bridgehead atoms. The van der Waals surface area contributed by atoms with Crippen molar-refractivity contribution in [3.8, 4) is 0 Å². The standard InChI is InChI=1S/C18H23N3O4S2/c1-2-21(12-7-8-27(24,25)10-12)15(22)9-20-11-19-17-16(18(20)23)13-5-3-4-6-14(13)26-17/h11-12H,2-10H2,1H3. The average Bonchev–Trinajstić information content (AvgIpc) is 3.18. The first-order valence-electron chi connectivity index (χ1n) is 9.39. The monoisotopic (exact) mass is 409 g/mol. The van der Waals surface area contributed by atoms with E-state index in [1.807, 2.05) is 6.92 Å². The summed E-state index contributed by atoms with van der Waals surface area (Å²) in [5.41, 5.74) is 0.942. The summed E-state index contributed by atoms with van der Waals surface area (Å²) < 4.78 is 24.9. The van der Waals surface area contributed by atoms with E-state index in [-0.39, 0.29) is 35.6 Å². The Balaban J connectivity index is 1.62. The summed E-state index contributed by atoms with van der Waals surface area (Å²) in [6, 6.07) is -0.297. The molecule has 0 aromatic carbocycles. The third-order valence-corrected chi connectivity index (χ3v) is 8.51. The fourth-order valence-corrected chi connectivity index (χ4v) is 7.14. The van der Waals surface area contributed by atoms with E-state index in [0.29, 0.717) is 18.4 Å². The highest BCUT2D eigenvalue weighted by Crippen LogP contribution is 2.33. The highest BCUT2D eigenvalue weighted by atomic mass is 32.2. The van der Waals surface area contributed by atoms with Crippen molar-refractivity contribution in [2.24, 2.45) is 0 Å². The van der Waals surface area contributed by atoms with Gasteiger partial charge in [-0.05, 0) is 44.6 Å². The zero-order valence-corrected chi connectivity index (χ0v) is 16.9. The normalized spacial score (nSPS) is 21.3. The Kier molecular flexibility index (Phi) is 4.84. The molecule has 2 aromatic rings. The Morgan fingerprint density at radius 1 is 1.37 bits per heavy atom. The van der Waals surface area contributed by atoms with Gasteiger partial charge in [0.2, 0.25) is 5.91 Å². The fourth-order valence-electron chi connectivity index (χ4n) is 4.19. The van der Waals surface area contributed by atoms with E-state index in [9.17, 15) is 18.0 Å². The van der Waals surface area contributed by atoms with Crippen LogP contribution in [0.25, 0.3) is 10.2 Å². The molecule has 0 radical (unpaired) electrons. The Labute approximate surface area is 161 Å². The largest absolute Gasteiger partial charge is 0.337 e. The number of thiophene rings is 1. The minimum absolute atomic E-state index is 0.0107. The highest BCUT2D eigenvalue weighted by molar-refractivity contribution is 7.91. The van der Waals surface area contributed by atoms with Gasteiger partial charge >= 0.3 is 0 Å². The zero-order chi connectivity index (χ0) is 19.2. The molecule has 146 valence electrons. The molecular weight excluding hydrogens is 386 g/mol. The predicted molar refractivity (Wildman–Crippen MR) is 105 cm³/mol. The molecule has 1 fully saturated rings. The minimum Gasteiger partial charge on any atom is -0.337 e. The van der Waals surface area contributed by atoms with Crippen LogP contribution in [0.3, 0.4) is 0 Å². The van der Waals surface area contributed by atoms with E-state index in [1.165, 1.54) is 15.8 Å². The molecule has 1 unspecified atom stereocenters. The summed E-state index contributed by atoms with van der Waals surface area (Å²) >= 11 is 1.59. The van der Waals surface area contributed by atoms with Gasteiger partial charge in [0.25, 0.3) is 5.56 Å². The van der Waals surface area contributed by atoms with E-state index in [4.69, 9.17) is 0 Å². The first-order chi connectivity index (χ1) is 12.9. The van der Waals surface area contributed by atoms with Crippen molar-refractivity contribution in [3.05, 3.63) is 27.1 Å². The van der Waals surface area contributed by atoms with Gasteiger partial charge in [-0.15, -0.1) is 11.3 Å². The zero-order valence-electron chi connectivity index (χ0n) is 15.3. The SMILES string of the molecule is CCN(C(=O)Cn1cnc2sc3c(c2c1=O)CCCC3)C1CCS(=O)(=O)C1.